The van der Waals surface area contributed by atoms with Gasteiger partial charge in [0.05, 0.1) is 18.9 Å². The molecule has 0 aromatic heterocycles. The van der Waals surface area contributed by atoms with Gasteiger partial charge in [0, 0.05) is 11.1 Å². The molecule has 164 valence electrons. The molecule has 0 fully saturated rings. The van der Waals surface area contributed by atoms with Gasteiger partial charge in [0.2, 0.25) is 0 Å². The number of methoxy groups -OCH3 is 1. The lowest BCUT2D eigenvalue weighted by molar-refractivity contribution is 0.0734. The van der Waals surface area contributed by atoms with Crippen molar-refractivity contribution in [2.24, 2.45) is 5.10 Å². The fraction of sp³-hybridized carbons (Fsp3) is 0.0385. The summed E-state index contributed by atoms with van der Waals surface area (Å²) in [7, 11) is 1.54. The van der Waals surface area contributed by atoms with Gasteiger partial charge in [0.25, 0.3) is 5.91 Å². The highest BCUT2D eigenvalue weighted by molar-refractivity contribution is 6.04. The van der Waals surface area contributed by atoms with Gasteiger partial charge < -0.3 is 9.47 Å². The number of hydrazone groups is 1. The third kappa shape index (κ3) is 5.04. The number of amides is 1. The maximum atomic E-state index is 13.1. The van der Waals surface area contributed by atoms with Crippen LogP contribution in [-0.2, 0) is 0 Å². The number of hydrogen-bond donors (Lipinski definition) is 1. The zero-order valence-corrected chi connectivity index (χ0v) is 17.6. The van der Waals surface area contributed by atoms with E-state index in [-0.39, 0.29) is 11.3 Å². The summed E-state index contributed by atoms with van der Waals surface area (Å²) in [5, 5.41) is 5.73. The van der Waals surface area contributed by atoms with Crippen LogP contribution in [0, 0.1) is 5.82 Å². The Morgan fingerprint density at radius 3 is 2.30 bits per heavy atom. The second-order valence-electron chi connectivity index (χ2n) is 7.02. The van der Waals surface area contributed by atoms with Crippen LogP contribution in [-0.4, -0.2) is 25.2 Å². The Morgan fingerprint density at radius 2 is 1.58 bits per heavy atom. The van der Waals surface area contributed by atoms with E-state index < -0.39 is 17.7 Å². The lowest BCUT2D eigenvalue weighted by Gasteiger charge is -2.11. The number of fused-ring (bicyclic) bond motifs is 1. The summed E-state index contributed by atoms with van der Waals surface area (Å²) in [6, 6.07) is 22.7. The molecule has 0 heterocycles. The maximum Gasteiger partial charge on any atom is 0.343 e. The number of carbonyl (C=O) groups excluding carboxylic acids is 2. The average molecular weight is 442 g/mol. The Bertz CT molecular complexity index is 1330. The zero-order valence-electron chi connectivity index (χ0n) is 17.6. The first kappa shape index (κ1) is 21.7. The molecule has 0 bridgehead atoms. The standard InChI is InChI=1S/C26H19FN2O4/c1-32-21-13-8-19(9-14-21)26(31)33-24-15-10-17-4-2-3-5-22(17)23(24)16-28-29-25(30)18-6-11-20(27)12-7-18/h2-16H,1H3,(H,29,30). The highest BCUT2D eigenvalue weighted by Crippen LogP contribution is 2.27. The number of hydrogen-bond acceptors (Lipinski definition) is 5. The average Bonchev–Trinajstić information content (AvgIpc) is 2.85. The van der Waals surface area contributed by atoms with Gasteiger partial charge in [0.1, 0.15) is 17.3 Å². The monoisotopic (exact) mass is 442 g/mol. The molecule has 0 unspecified atom stereocenters. The van der Waals surface area contributed by atoms with E-state index in [1.54, 1.807) is 37.4 Å². The molecule has 0 saturated heterocycles. The summed E-state index contributed by atoms with van der Waals surface area (Å²) < 4.78 is 23.8. The second kappa shape index (κ2) is 9.74. The largest absolute Gasteiger partial charge is 0.497 e. The predicted molar refractivity (Wildman–Crippen MR) is 123 cm³/mol. The van der Waals surface area contributed by atoms with Gasteiger partial charge in [-0.2, -0.15) is 5.10 Å². The molecule has 7 heteroatoms. The highest BCUT2D eigenvalue weighted by Gasteiger charge is 2.14. The van der Waals surface area contributed by atoms with E-state index in [0.29, 0.717) is 16.9 Å². The van der Waals surface area contributed by atoms with Crippen LogP contribution < -0.4 is 14.9 Å². The minimum atomic E-state index is -0.544. The summed E-state index contributed by atoms with van der Waals surface area (Å²) in [4.78, 5) is 25.0. The number of nitrogens with zero attached hydrogens (tertiary/aromatic N) is 1. The number of esters is 1. The SMILES string of the molecule is COc1ccc(C(=O)Oc2ccc3ccccc3c2C=NNC(=O)c2ccc(F)cc2)cc1. The molecule has 0 atom stereocenters. The summed E-state index contributed by atoms with van der Waals surface area (Å²) in [5.41, 5.74) is 3.55. The van der Waals surface area contributed by atoms with Crippen LogP contribution >= 0.6 is 0 Å². The number of halogens is 1. The molecule has 1 amide bonds. The van der Waals surface area contributed by atoms with E-state index in [2.05, 4.69) is 10.5 Å². The molecular formula is C26H19FN2O4. The first-order valence-electron chi connectivity index (χ1n) is 10.0. The van der Waals surface area contributed by atoms with Crippen LogP contribution in [0.3, 0.4) is 0 Å². The Morgan fingerprint density at radius 1 is 0.879 bits per heavy atom. The van der Waals surface area contributed by atoms with Gasteiger partial charge in [0.15, 0.2) is 0 Å². The second-order valence-corrected chi connectivity index (χ2v) is 7.02. The summed E-state index contributed by atoms with van der Waals surface area (Å²) in [6.45, 7) is 0. The topological polar surface area (TPSA) is 77.0 Å². The molecule has 33 heavy (non-hydrogen) atoms. The highest BCUT2D eigenvalue weighted by atomic mass is 19.1. The maximum absolute atomic E-state index is 13.1. The van der Waals surface area contributed by atoms with Gasteiger partial charge >= 0.3 is 5.97 Å². The van der Waals surface area contributed by atoms with Gasteiger partial charge in [-0.05, 0) is 65.4 Å². The molecule has 6 nitrogen and oxygen atoms in total. The van der Waals surface area contributed by atoms with Crippen LogP contribution in [0.5, 0.6) is 11.5 Å². The van der Waals surface area contributed by atoms with Crippen molar-refractivity contribution in [1.82, 2.24) is 5.43 Å². The Hall–Kier alpha value is -4.52. The Kier molecular flexibility index (Phi) is 6.40. The van der Waals surface area contributed by atoms with E-state index in [4.69, 9.17) is 9.47 Å². The quantitative estimate of drug-likeness (QED) is 0.198. The van der Waals surface area contributed by atoms with Crippen LogP contribution in [0.1, 0.15) is 26.3 Å². The number of ether oxygens (including phenoxy) is 2. The summed E-state index contributed by atoms with van der Waals surface area (Å²) in [6.07, 6.45) is 1.42. The molecular weight excluding hydrogens is 423 g/mol. The molecule has 4 aromatic carbocycles. The van der Waals surface area contributed by atoms with Crippen molar-refractivity contribution in [3.63, 3.8) is 0 Å². The smallest absolute Gasteiger partial charge is 0.343 e. The minimum absolute atomic E-state index is 0.262. The van der Waals surface area contributed by atoms with Crippen molar-refractivity contribution < 1.29 is 23.5 Å². The van der Waals surface area contributed by atoms with Crippen molar-refractivity contribution >= 4 is 28.9 Å². The van der Waals surface area contributed by atoms with Crippen LogP contribution in [0.4, 0.5) is 4.39 Å². The first-order valence-corrected chi connectivity index (χ1v) is 10.0. The van der Waals surface area contributed by atoms with E-state index in [0.717, 1.165) is 10.8 Å². The van der Waals surface area contributed by atoms with Crippen LogP contribution in [0.15, 0.2) is 90.0 Å². The molecule has 4 rings (SSSR count). The Labute approximate surface area is 189 Å². The molecule has 0 aliphatic rings. The van der Waals surface area contributed by atoms with Crippen molar-refractivity contribution in [3.8, 4) is 11.5 Å². The van der Waals surface area contributed by atoms with Crippen LogP contribution in [0.2, 0.25) is 0 Å². The van der Waals surface area contributed by atoms with Crippen molar-refractivity contribution in [2.45, 2.75) is 0 Å². The molecule has 0 spiro atoms. The fourth-order valence-electron chi connectivity index (χ4n) is 3.20. The lowest BCUT2D eigenvalue weighted by Crippen LogP contribution is -2.17. The number of carbonyl (C=O) groups is 2. The molecule has 0 aliphatic heterocycles. The molecule has 0 radical (unpaired) electrons. The van der Waals surface area contributed by atoms with E-state index in [9.17, 15) is 14.0 Å². The van der Waals surface area contributed by atoms with E-state index in [1.165, 1.54) is 30.5 Å². The van der Waals surface area contributed by atoms with Gasteiger partial charge in [-0.1, -0.05) is 30.3 Å². The predicted octanol–water partition coefficient (Wildman–Crippen LogP) is 4.97. The third-order valence-corrected chi connectivity index (χ3v) is 4.93. The Balaban J connectivity index is 1.60. The summed E-state index contributed by atoms with van der Waals surface area (Å²) >= 11 is 0. The van der Waals surface area contributed by atoms with Gasteiger partial charge in [-0.25, -0.2) is 14.6 Å². The van der Waals surface area contributed by atoms with Gasteiger partial charge in [-0.15, -0.1) is 0 Å². The fourth-order valence-corrected chi connectivity index (χ4v) is 3.20. The van der Waals surface area contributed by atoms with E-state index in [1.807, 2.05) is 30.3 Å². The van der Waals surface area contributed by atoms with Gasteiger partial charge in [-0.3, -0.25) is 4.79 Å². The van der Waals surface area contributed by atoms with E-state index >= 15 is 0 Å². The number of benzene rings is 4. The number of nitrogens with one attached hydrogen (secondary N) is 1. The van der Waals surface area contributed by atoms with Crippen molar-refractivity contribution in [2.75, 3.05) is 7.11 Å². The molecule has 1 N–H and O–H groups in total. The minimum Gasteiger partial charge on any atom is -0.497 e. The normalized spacial score (nSPS) is 10.8. The first-order chi connectivity index (χ1) is 16.0. The summed E-state index contributed by atoms with van der Waals surface area (Å²) in [5.74, 6) is -0.563. The lowest BCUT2D eigenvalue weighted by atomic mass is 10.0. The van der Waals surface area contributed by atoms with Crippen molar-refractivity contribution in [1.29, 1.82) is 0 Å². The molecule has 0 saturated carbocycles. The van der Waals surface area contributed by atoms with Crippen molar-refractivity contribution in [3.05, 3.63) is 107 Å². The zero-order chi connectivity index (χ0) is 23.2. The third-order valence-electron chi connectivity index (χ3n) is 4.93. The molecule has 4 aromatic rings. The van der Waals surface area contributed by atoms with Crippen LogP contribution in [0.25, 0.3) is 10.8 Å². The molecule has 0 aliphatic carbocycles. The number of rotatable bonds is 6.